The van der Waals surface area contributed by atoms with E-state index in [2.05, 4.69) is 4.98 Å². The number of benzene rings is 1. The van der Waals surface area contributed by atoms with Gasteiger partial charge in [-0.25, -0.2) is 9.78 Å². The van der Waals surface area contributed by atoms with Crippen LogP contribution >= 0.6 is 11.3 Å². The summed E-state index contributed by atoms with van der Waals surface area (Å²) in [5.74, 6) is -0.330. The van der Waals surface area contributed by atoms with Crippen molar-refractivity contribution in [3.05, 3.63) is 34.7 Å². The monoisotopic (exact) mass is 261 g/mol. The Kier molecular flexibility index (Phi) is 2.76. The van der Waals surface area contributed by atoms with Gasteiger partial charge < -0.3 is 9.84 Å². The number of rotatable bonds is 4. The molecule has 1 saturated carbocycles. The normalized spacial score (nSPS) is 14.4. The highest BCUT2D eigenvalue weighted by atomic mass is 32.1. The summed E-state index contributed by atoms with van der Waals surface area (Å²) in [6, 6.07) is 4.92. The summed E-state index contributed by atoms with van der Waals surface area (Å²) in [5.41, 5.74) is 3.67. The van der Waals surface area contributed by atoms with E-state index in [1.165, 1.54) is 11.3 Å². The van der Waals surface area contributed by atoms with E-state index in [4.69, 9.17) is 9.84 Å². The summed E-state index contributed by atoms with van der Waals surface area (Å²) in [5, 5.41) is 10.9. The second-order valence-corrected chi connectivity index (χ2v) is 4.93. The lowest BCUT2D eigenvalue weighted by molar-refractivity contribution is 0.0696. The lowest BCUT2D eigenvalue weighted by Gasteiger charge is -2.10. The zero-order valence-electron chi connectivity index (χ0n) is 9.50. The van der Waals surface area contributed by atoms with E-state index in [1.54, 1.807) is 23.7 Å². The number of hydrogen-bond donors (Lipinski definition) is 1. The van der Waals surface area contributed by atoms with Gasteiger partial charge in [-0.3, -0.25) is 0 Å². The number of aromatic carboxylic acids is 1. The van der Waals surface area contributed by atoms with Gasteiger partial charge in [0.25, 0.3) is 0 Å². The van der Waals surface area contributed by atoms with Crippen molar-refractivity contribution in [2.75, 3.05) is 0 Å². The van der Waals surface area contributed by atoms with Crippen LogP contribution in [0.15, 0.2) is 29.1 Å². The number of nitrogens with zero attached hydrogens (tertiary/aromatic N) is 1. The second-order valence-electron chi connectivity index (χ2n) is 4.21. The molecule has 1 aromatic heterocycles. The lowest BCUT2D eigenvalue weighted by atomic mass is 10.1. The smallest absolute Gasteiger partial charge is 0.335 e. The molecule has 18 heavy (non-hydrogen) atoms. The molecule has 3 rings (SSSR count). The van der Waals surface area contributed by atoms with Crippen molar-refractivity contribution in [2.24, 2.45) is 0 Å². The van der Waals surface area contributed by atoms with Crippen molar-refractivity contribution in [3.8, 4) is 17.0 Å². The van der Waals surface area contributed by atoms with Gasteiger partial charge in [-0.1, -0.05) is 0 Å². The van der Waals surface area contributed by atoms with Crippen molar-refractivity contribution in [3.63, 3.8) is 0 Å². The molecule has 0 amide bonds. The number of carboxylic acid groups (broad SMARTS) is 1. The number of ether oxygens (including phenoxy) is 1. The van der Waals surface area contributed by atoms with Crippen LogP contribution in [0.1, 0.15) is 23.2 Å². The Morgan fingerprint density at radius 2 is 2.28 bits per heavy atom. The number of aromatic nitrogens is 1. The maximum absolute atomic E-state index is 11.0. The maximum Gasteiger partial charge on any atom is 0.335 e. The molecule has 92 valence electrons. The Morgan fingerprint density at radius 1 is 1.44 bits per heavy atom. The molecule has 4 nitrogen and oxygen atoms in total. The van der Waals surface area contributed by atoms with Crippen molar-refractivity contribution in [1.29, 1.82) is 0 Å². The fraction of sp³-hybridized carbons (Fsp3) is 0.231. The third kappa shape index (κ3) is 2.22. The molecule has 0 aliphatic heterocycles. The number of carboxylic acids is 1. The van der Waals surface area contributed by atoms with Crippen LogP contribution in [-0.4, -0.2) is 22.2 Å². The minimum absolute atomic E-state index is 0.228. The molecule has 1 aromatic carbocycles. The molecule has 2 aromatic rings. The SMILES string of the molecule is O=C(O)c1ccc(-c2cscn2)c(OC2CC2)c1. The number of carbonyl (C=O) groups is 1. The highest BCUT2D eigenvalue weighted by molar-refractivity contribution is 7.07. The zero-order chi connectivity index (χ0) is 12.5. The molecule has 0 spiro atoms. The van der Waals surface area contributed by atoms with E-state index >= 15 is 0 Å². The minimum Gasteiger partial charge on any atom is -0.490 e. The zero-order valence-corrected chi connectivity index (χ0v) is 10.3. The average molecular weight is 261 g/mol. The molecule has 5 heteroatoms. The van der Waals surface area contributed by atoms with Gasteiger partial charge in [-0.15, -0.1) is 11.3 Å². The summed E-state index contributed by atoms with van der Waals surface area (Å²) >= 11 is 1.51. The van der Waals surface area contributed by atoms with Gasteiger partial charge in [0.1, 0.15) is 5.75 Å². The minimum atomic E-state index is -0.944. The van der Waals surface area contributed by atoms with Crippen molar-refractivity contribution in [1.82, 2.24) is 4.98 Å². The first kappa shape index (κ1) is 11.2. The van der Waals surface area contributed by atoms with Crippen LogP contribution in [0.3, 0.4) is 0 Å². The van der Waals surface area contributed by atoms with Crippen molar-refractivity contribution < 1.29 is 14.6 Å². The fourth-order valence-corrected chi connectivity index (χ4v) is 2.23. The summed E-state index contributed by atoms with van der Waals surface area (Å²) in [6.07, 6.45) is 2.30. The average Bonchev–Trinajstić information content (AvgIpc) is 3.01. The Bertz CT molecular complexity index is 576. The molecule has 1 heterocycles. The van der Waals surface area contributed by atoms with Gasteiger partial charge in [0.05, 0.1) is 22.9 Å². The lowest BCUT2D eigenvalue weighted by Crippen LogP contribution is -2.02. The predicted molar refractivity (Wildman–Crippen MR) is 68.2 cm³/mol. The molecule has 0 saturated heterocycles. The number of thiazole rings is 1. The second kappa shape index (κ2) is 4.42. The highest BCUT2D eigenvalue weighted by Gasteiger charge is 2.25. The van der Waals surface area contributed by atoms with E-state index in [-0.39, 0.29) is 11.7 Å². The highest BCUT2D eigenvalue weighted by Crippen LogP contribution is 2.35. The quantitative estimate of drug-likeness (QED) is 0.919. The molecule has 1 aliphatic rings. The molecule has 0 radical (unpaired) electrons. The first-order valence-electron chi connectivity index (χ1n) is 5.66. The summed E-state index contributed by atoms with van der Waals surface area (Å²) in [6.45, 7) is 0. The van der Waals surface area contributed by atoms with Crippen LogP contribution in [-0.2, 0) is 0 Å². The van der Waals surface area contributed by atoms with Gasteiger partial charge in [0, 0.05) is 10.9 Å². The summed E-state index contributed by atoms with van der Waals surface area (Å²) in [4.78, 5) is 15.2. The van der Waals surface area contributed by atoms with Crippen LogP contribution < -0.4 is 4.74 Å². The summed E-state index contributed by atoms with van der Waals surface area (Å²) in [7, 11) is 0. The van der Waals surface area contributed by atoms with E-state index in [0.717, 1.165) is 24.1 Å². The first-order valence-corrected chi connectivity index (χ1v) is 6.61. The van der Waals surface area contributed by atoms with Gasteiger partial charge in [0.2, 0.25) is 0 Å². The Morgan fingerprint density at radius 3 is 2.89 bits per heavy atom. The third-order valence-electron chi connectivity index (χ3n) is 2.75. The van der Waals surface area contributed by atoms with Crippen molar-refractivity contribution >= 4 is 17.3 Å². The molecular weight excluding hydrogens is 250 g/mol. The van der Waals surface area contributed by atoms with E-state index in [0.29, 0.717) is 5.75 Å². The van der Waals surface area contributed by atoms with Crippen LogP contribution in [0.4, 0.5) is 0 Å². The van der Waals surface area contributed by atoms with E-state index < -0.39 is 5.97 Å². The van der Waals surface area contributed by atoms with Crippen molar-refractivity contribution in [2.45, 2.75) is 18.9 Å². The van der Waals surface area contributed by atoms with Gasteiger partial charge in [-0.2, -0.15) is 0 Å². The Hall–Kier alpha value is -1.88. The molecule has 1 aliphatic carbocycles. The molecule has 0 bridgehead atoms. The van der Waals surface area contributed by atoms with Crippen LogP contribution in [0.25, 0.3) is 11.3 Å². The topological polar surface area (TPSA) is 59.4 Å². The molecule has 1 N–H and O–H groups in total. The molecule has 0 unspecified atom stereocenters. The molecular formula is C13H11NO3S. The maximum atomic E-state index is 11.0. The van der Waals surface area contributed by atoms with Gasteiger partial charge in [-0.05, 0) is 31.0 Å². The van der Waals surface area contributed by atoms with Crippen LogP contribution in [0.2, 0.25) is 0 Å². The first-order chi connectivity index (χ1) is 8.74. The Balaban J connectivity index is 2.03. The predicted octanol–water partition coefficient (Wildman–Crippen LogP) is 3.05. The largest absolute Gasteiger partial charge is 0.490 e. The van der Waals surface area contributed by atoms with Gasteiger partial charge >= 0.3 is 5.97 Å². The third-order valence-corrected chi connectivity index (χ3v) is 3.34. The van der Waals surface area contributed by atoms with E-state index in [1.807, 2.05) is 5.38 Å². The standard InChI is InChI=1S/C13H11NO3S/c15-13(16)8-1-4-10(11-6-18-7-14-11)12(5-8)17-9-2-3-9/h1,4-7,9H,2-3H2,(H,15,16). The molecule has 1 fully saturated rings. The van der Waals surface area contributed by atoms with E-state index in [9.17, 15) is 4.79 Å². The number of hydrogen-bond acceptors (Lipinski definition) is 4. The summed E-state index contributed by atoms with van der Waals surface area (Å²) < 4.78 is 5.77. The molecule has 0 atom stereocenters. The Labute approximate surface area is 108 Å². The van der Waals surface area contributed by atoms with Crippen LogP contribution in [0, 0.1) is 0 Å². The van der Waals surface area contributed by atoms with Crippen LogP contribution in [0.5, 0.6) is 5.75 Å². The fourth-order valence-electron chi connectivity index (χ4n) is 1.68. The van der Waals surface area contributed by atoms with Gasteiger partial charge in [0.15, 0.2) is 0 Å².